The van der Waals surface area contributed by atoms with E-state index < -0.39 is 0 Å². The number of hydrogen-bond acceptors (Lipinski definition) is 6. The summed E-state index contributed by atoms with van der Waals surface area (Å²) in [5.41, 5.74) is 1.87. The molecule has 0 aromatic carbocycles. The van der Waals surface area contributed by atoms with Crippen LogP contribution in [0.25, 0.3) is 0 Å². The van der Waals surface area contributed by atoms with Crippen LogP contribution in [0.4, 0.5) is 11.6 Å². The van der Waals surface area contributed by atoms with Gasteiger partial charge in [-0.1, -0.05) is 66.8 Å². The average molecular weight is 458 g/mol. The van der Waals surface area contributed by atoms with Crippen molar-refractivity contribution in [2.75, 3.05) is 0 Å². The topological polar surface area (TPSA) is 89.9 Å². The molecule has 0 atom stereocenters. The van der Waals surface area contributed by atoms with Crippen LogP contribution in [-0.4, -0.2) is 39.7 Å². The first-order valence-electron chi connectivity index (χ1n) is 7.53. The zero-order valence-electron chi connectivity index (χ0n) is 12.5. The van der Waals surface area contributed by atoms with E-state index in [0.29, 0.717) is 35.6 Å². The van der Waals surface area contributed by atoms with E-state index in [4.69, 9.17) is 0 Å². The highest BCUT2D eigenvalue weighted by atomic mass is 15.1. The lowest BCUT2D eigenvalue weighted by Gasteiger charge is -1.95. The number of fused-ring (bicyclic) bond motifs is 6. The third kappa shape index (κ3) is 8.52. The van der Waals surface area contributed by atoms with Crippen LogP contribution in [-0.2, 0) is 0 Å². The van der Waals surface area contributed by atoms with E-state index >= 15 is 0 Å². The van der Waals surface area contributed by atoms with Crippen LogP contribution in [0.15, 0.2) is 78.5 Å². The highest BCUT2D eigenvalue weighted by Crippen LogP contribution is 2.21. The molecule has 4 aliphatic rings. The first-order valence-corrected chi connectivity index (χ1v) is 7.53. The van der Waals surface area contributed by atoms with Crippen LogP contribution in [0.1, 0.15) is 73.3 Å². The molecule has 1 aromatic heterocycles. The van der Waals surface area contributed by atoms with Gasteiger partial charge < -0.3 is 4.98 Å². The second-order valence-corrected chi connectivity index (χ2v) is 5.49. The van der Waals surface area contributed by atoms with Gasteiger partial charge in [0.2, 0.25) is 0 Å². The average Bonchev–Trinajstić information content (AvgIpc) is 3.32. The van der Waals surface area contributed by atoms with Crippen molar-refractivity contribution >= 4 is 46.4 Å². The molecule has 1 aliphatic carbocycles. The van der Waals surface area contributed by atoms with Crippen LogP contribution >= 0.6 is 0 Å². The molecule has 1 aromatic rings. The van der Waals surface area contributed by atoms with Crippen molar-refractivity contribution in [2.45, 2.75) is 73.3 Å². The number of allylic oxidation sites excluding steroid dienone is 2. The Morgan fingerprint density at radius 1 is 0.424 bits per heavy atom. The third-order valence-electron chi connectivity index (χ3n) is 3.69. The Kier molecular flexibility index (Phi) is 19.6. The monoisotopic (exact) mass is 457 g/mol. The minimum atomic E-state index is 0. The molecule has 0 spiro atoms. The van der Waals surface area contributed by atoms with E-state index in [9.17, 15) is 0 Å². The van der Waals surface area contributed by atoms with Crippen LogP contribution in [0.3, 0.4) is 0 Å². The van der Waals surface area contributed by atoms with Crippen molar-refractivity contribution in [1.29, 1.82) is 0 Å². The van der Waals surface area contributed by atoms with Gasteiger partial charge >= 0.3 is 0 Å². The molecule has 33 heavy (non-hydrogen) atoms. The van der Waals surface area contributed by atoms with Gasteiger partial charge in [-0.05, 0) is 48.6 Å². The van der Waals surface area contributed by atoms with Crippen molar-refractivity contribution in [3.63, 3.8) is 0 Å². The molecule has 0 unspecified atom stereocenters. The largest absolute Gasteiger partial charge is 0.325 e. The first-order chi connectivity index (χ1) is 11.8. The van der Waals surface area contributed by atoms with Crippen molar-refractivity contribution in [3.8, 4) is 0 Å². The fourth-order valence-corrected chi connectivity index (χ4v) is 2.63. The van der Waals surface area contributed by atoms with Crippen molar-refractivity contribution in [2.24, 2.45) is 30.0 Å². The number of nitrogens with one attached hydrogen (secondary N) is 1. The van der Waals surface area contributed by atoms with Crippen molar-refractivity contribution in [3.05, 3.63) is 48.6 Å². The van der Waals surface area contributed by atoms with E-state index in [2.05, 4.69) is 34.9 Å². The smallest absolute Gasteiger partial charge is 0.156 e. The number of aromatic nitrogens is 1. The van der Waals surface area contributed by atoms with Gasteiger partial charge in [0.15, 0.2) is 23.3 Å². The molecule has 0 amide bonds. The van der Waals surface area contributed by atoms with E-state index in [1.165, 1.54) is 0 Å². The van der Waals surface area contributed by atoms with Gasteiger partial charge in [-0.25, -0.2) is 30.0 Å². The molecule has 0 fully saturated rings. The first kappa shape index (κ1) is 39.9. The molecule has 7 heteroatoms. The van der Waals surface area contributed by atoms with Gasteiger partial charge in [-0.15, -0.1) is 0 Å². The number of amidine groups is 4. The number of H-pyrrole nitrogens is 1. The summed E-state index contributed by atoms with van der Waals surface area (Å²) in [6, 6.07) is 3.77. The van der Waals surface area contributed by atoms with Gasteiger partial charge in [0.25, 0.3) is 0 Å². The molecule has 3 aliphatic heterocycles. The quantitative estimate of drug-likeness (QED) is 0.404. The van der Waals surface area contributed by atoms with Crippen LogP contribution < -0.4 is 0 Å². The number of aromatic amines is 1. The van der Waals surface area contributed by atoms with Crippen molar-refractivity contribution in [1.82, 2.24) is 4.98 Å². The minimum Gasteiger partial charge on any atom is -0.325 e. The molecule has 0 saturated carbocycles. The lowest BCUT2D eigenvalue weighted by Crippen LogP contribution is -1.99. The summed E-state index contributed by atoms with van der Waals surface area (Å²) in [5, 5.41) is 0. The Hall–Kier alpha value is -3.48. The lowest BCUT2D eigenvalue weighted by molar-refractivity contribution is 1.29. The molecular formula is C26H47N7. The lowest BCUT2D eigenvalue weighted by atomic mass is 10.3. The zero-order valence-corrected chi connectivity index (χ0v) is 12.5. The maximum atomic E-state index is 4.59. The predicted octanol–water partition coefficient (Wildman–Crippen LogP) is 8.59. The van der Waals surface area contributed by atoms with Gasteiger partial charge in [0.05, 0.1) is 0 Å². The molecule has 186 valence electrons. The molecule has 0 radical (unpaired) electrons. The molecule has 5 rings (SSSR count). The molecular weight excluding hydrogens is 410 g/mol. The van der Waals surface area contributed by atoms with Gasteiger partial charge in [-0.3, -0.25) is 0 Å². The predicted molar refractivity (Wildman–Crippen MR) is 157 cm³/mol. The number of nitrogens with zero attached hydrogens (tertiary/aromatic N) is 6. The summed E-state index contributed by atoms with van der Waals surface area (Å²) in [5.74, 6) is 3.85. The van der Waals surface area contributed by atoms with Gasteiger partial charge in [0, 0.05) is 17.8 Å². The Labute approximate surface area is 203 Å². The van der Waals surface area contributed by atoms with Crippen LogP contribution in [0.5, 0.6) is 0 Å². The van der Waals surface area contributed by atoms with Crippen LogP contribution in [0, 0.1) is 0 Å². The fraction of sp³-hybridized carbons (Fsp3) is 0.385. The standard InChI is InChI=1S/C17H11N7.9CH4/c1-2-11-9-10(1)18-12-3-5-14(20-12)22-16-7-8-17(24-16)23-15-6-4-13(19-11)21-15;;;;;;;;;/h1-8H,9H2,(H,18,19,20,21,22,23,24);9*1H4. The summed E-state index contributed by atoms with van der Waals surface area (Å²) < 4.78 is 0. The third-order valence-corrected chi connectivity index (χ3v) is 3.69. The Morgan fingerprint density at radius 2 is 0.788 bits per heavy atom. The van der Waals surface area contributed by atoms with Crippen molar-refractivity contribution < 1.29 is 0 Å². The number of rotatable bonds is 0. The second-order valence-electron chi connectivity index (χ2n) is 5.49. The van der Waals surface area contributed by atoms with Crippen LogP contribution in [0.2, 0.25) is 0 Å². The summed E-state index contributed by atoms with van der Waals surface area (Å²) in [6.07, 6.45) is 11.9. The summed E-state index contributed by atoms with van der Waals surface area (Å²) in [4.78, 5) is 29.9. The Bertz CT molecular complexity index is 1020. The fourth-order valence-electron chi connectivity index (χ4n) is 2.63. The van der Waals surface area contributed by atoms with Gasteiger partial charge in [0.1, 0.15) is 11.6 Å². The molecule has 1 N–H and O–H groups in total. The maximum absolute atomic E-state index is 4.59. The second kappa shape index (κ2) is 16.2. The summed E-state index contributed by atoms with van der Waals surface area (Å²) in [7, 11) is 0. The van der Waals surface area contributed by atoms with E-state index in [0.717, 1.165) is 17.2 Å². The highest BCUT2D eigenvalue weighted by Gasteiger charge is 2.13. The summed E-state index contributed by atoms with van der Waals surface area (Å²) >= 11 is 0. The number of hydrogen-bond donors (Lipinski definition) is 1. The highest BCUT2D eigenvalue weighted by molar-refractivity contribution is 6.27. The Morgan fingerprint density at radius 3 is 1.27 bits per heavy atom. The minimum absolute atomic E-state index is 0. The molecule has 4 heterocycles. The van der Waals surface area contributed by atoms with E-state index in [-0.39, 0.29) is 66.8 Å². The van der Waals surface area contributed by atoms with E-state index in [1.54, 1.807) is 0 Å². The molecule has 0 saturated heterocycles. The Balaban J connectivity index is -0.000000290. The summed E-state index contributed by atoms with van der Waals surface area (Å²) in [6.45, 7) is 0. The zero-order chi connectivity index (χ0) is 15.9. The molecule has 7 nitrogen and oxygen atoms in total. The maximum Gasteiger partial charge on any atom is 0.156 e. The SMILES string of the molecule is C.C.C.C.C.C.C.C.C.C1=CC2=Nc3ccc([nH]3)N=C3C=CC(=N3)N=C3C=CC(=N3)N=C1C2. The number of aliphatic imine (C=N–C) groups is 6. The normalized spacial score (nSPS) is 14.9. The van der Waals surface area contributed by atoms with E-state index in [1.807, 2.05) is 48.6 Å². The van der Waals surface area contributed by atoms with Gasteiger partial charge in [-0.2, -0.15) is 0 Å². The molecule has 8 bridgehead atoms.